The number of H-pyrrole nitrogens is 1. The van der Waals surface area contributed by atoms with E-state index in [4.69, 9.17) is 4.74 Å². The number of aliphatic hydroxyl groups excluding tert-OH is 1. The number of halogens is 3. The predicted molar refractivity (Wildman–Crippen MR) is 106 cm³/mol. The van der Waals surface area contributed by atoms with Crippen LogP contribution in [0.5, 0.6) is 0 Å². The highest BCUT2D eigenvalue weighted by Gasteiger charge is 2.37. The molecule has 1 amide bonds. The van der Waals surface area contributed by atoms with Crippen molar-refractivity contribution in [2.45, 2.75) is 37.9 Å². The second-order valence-electron chi connectivity index (χ2n) is 7.66. The summed E-state index contributed by atoms with van der Waals surface area (Å²) in [5, 5.41) is 12.1. The molecule has 158 valence electrons. The number of hydrogen-bond donors (Lipinski definition) is 3. The van der Waals surface area contributed by atoms with E-state index in [1.54, 1.807) is 19.1 Å². The number of aromatic nitrogens is 1. The predicted octanol–water partition coefficient (Wildman–Crippen LogP) is 4.61. The van der Waals surface area contributed by atoms with Crippen molar-refractivity contribution in [3.63, 3.8) is 0 Å². The van der Waals surface area contributed by atoms with Crippen molar-refractivity contribution in [3.05, 3.63) is 59.4 Å². The van der Waals surface area contributed by atoms with Crippen LogP contribution in [-0.4, -0.2) is 34.9 Å². The first-order chi connectivity index (χ1) is 14.3. The van der Waals surface area contributed by atoms with Crippen LogP contribution in [0.15, 0.2) is 36.4 Å². The Bertz CT molecular complexity index is 1070. The first-order valence-corrected chi connectivity index (χ1v) is 9.71. The smallest absolute Gasteiger partial charge is 0.407 e. The van der Waals surface area contributed by atoms with E-state index in [2.05, 4.69) is 10.3 Å². The number of ether oxygens (including phenoxy) is 1. The molecule has 3 aromatic rings. The fourth-order valence-electron chi connectivity index (χ4n) is 3.83. The van der Waals surface area contributed by atoms with Gasteiger partial charge in [0.15, 0.2) is 0 Å². The lowest BCUT2D eigenvalue weighted by Crippen LogP contribution is -2.38. The van der Waals surface area contributed by atoms with Gasteiger partial charge in [-0.2, -0.15) is 0 Å². The summed E-state index contributed by atoms with van der Waals surface area (Å²) in [5.41, 5.74) is 2.15. The van der Waals surface area contributed by atoms with Gasteiger partial charge in [-0.05, 0) is 67.1 Å². The SMILES string of the molecule is C[C@@H](O)CNC(=O)OC1CC(c2c(-c3ccc(F)cc3)[nH]c3c(F)cc(F)cc23)C1. The third kappa shape index (κ3) is 4.00. The minimum Gasteiger partial charge on any atom is -0.446 e. The molecule has 0 radical (unpaired) electrons. The Kier molecular flexibility index (Phi) is 5.42. The molecule has 30 heavy (non-hydrogen) atoms. The van der Waals surface area contributed by atoms with Gasteiger partial charge >= 0.3 is 6.09 Å². The van der Waals surface area contributed by atoms with Gasteiger partial charge in [-0.25, -0.2) is 18.0 Å². The number of amides is 1. The molecule has 1 fully saturated rings. The second-order valence-corrected chi connectivity index (χ2v) is 7.66. The zero-order chi connectivity index (χ0) is 21.4. The number of aliphatic hydroxyl groups is 1. The molecule has 3 N–H and O–H groups in total. The topological polar surface area (TPSA) is 74.3 Å². The summed E-state index contributed by atoms with van der Waals surface area (Å²) in [6.07, 6.45) is -0.661. The fourth-order valence-corrected chi connectivity index (χ4v) is 3.83. The Hall–Kier alpha value is -3.00. The molecule has 1 aliphatic rings. The number of benzene rings is 2. The molecule has 1 aliphatic carbocycles. The molecule has 0 spiro atoms. The standard InChI is InChI=1S/C22H21F3N2O3/c1-11(28)10-26-22(29)30-16-6-13(7-16)19-17-8-15(24)9-18(25)21(17)27-20(19)12-2-4-14(23)5-3-12/h2-5,8-9,11,13,16,27-28H,6-7,10H2,1H3,(H,26,29)/t11-,13?,16?/m1/s1. The van der Waals surface area contributed by atoms with E-state index < -0.39 is 29.6 Å². The Morgan fingerprint density at radius 3 is 2.57 bits per heavy atom. The van der Waals surface area contributed by atoms with Crippen molar-refractivity contribution in [2.24, 2.45) is 0 Å². The highest BCUT2D eigenvalue weighted by molar-refractivity contribution is 5.92. The first-order valence-electron chi connectivity index (χ1n) is 9.71. The molecule has 2 aromatic carbocycles. The van der Waals surface area contributed by atoms with Crippen LogP contribution in [-0.2, 0) is 4.74 Å². The average Bonchev–Trinajstić information content (AvgIpc) is 3.02. The molecule has 0 unspecified atom stereocenters. The normalized spacial score (nSPS) is 19.4. The van der Waals surface area contributed by atoms with Gasteiger partial charge in [-0.15, -0.1) is 0 Å². The van der Waals surface area contributed by atoms with E-state index in [1.165, 1.54) is 18.2 Å². The summed E-state index contributed by atoms with van der Waals surface area (Å²) in [6.45, 7) is 1.64. The lowest BCUT2D eigenvalue weighted by molar-refractivity contribution is 0.0378. The molecule has 5 nitrogen and oxygen atoms in total. The summed E-state index contributed by atoms with van der Waals surface area (Å²) < 4.78 is 47.0. The van der Waals surface area contributed by atoms with E-state index in [0.29, 0.717) is 29.5 Å². The van der Waals surface area contributed by atoms with Crippen LogP contribution in [0, 0.1) is 17.5 Å². The number of hydrogen-bond acceptors (Lipinski definition) is 3. The van der Waals surface area contributed by atoms with Crippen molar-refractivity contribution in [3.8, 4) is 11.3 Å². The number of carbonyl (C=O) groups excluding carboxylic acids is 1. The Balaban J connectivity index is 1.61. The zero-order valence-electron chi connectivity index (χ0n) is 16.2. The minimum absolute atomic E-state index is 0.0880. The molecule has 1 atom stereocenters. The quantitative estimate of drug-likeness (QED) is 0.567. The van der Waals surface area contributed by atoms with Crippen LogP contribution in [0.4, 0.5) is 18.0 Å². The molecular weight excluding hydrogens is 397 g/mol. The summed E-state index contributed by atoms with van der Waals surface area (Å²) >= 11 is 0. The number of fused-ring (bicyclic) bond motifs is 1. The summed E-state index contributed by atoms with van der Waals surface area (Å²) in [7, 11) is 0. The summed E-state index contributed by atoms with van der Waals surface area (Å²) in [5.74, 6) is -1.87. The molecule has 1 saturated carbocycles. The van der Waals surface area contributed by atoms with Gasteiger partial charge in [0.1, 0.15) is 23.6 Å². The van der Waals surface area contributed by atoms with Crippen LogP contribution in [0.2, 0.25) is 0 Å². The maximum absolute atomic E-state index is 14.4. The highest BCUT2D eigenvalue weighted by Crippen LogP contribution is 2.46. The van der Waals surface area contributed by atoms with Crippen LogP contribution in [0.3, 0.4) is 0 Å². The number of rotatable bonds is 5. The maximum Gasteiger partial charge on any atom is 0.407 e. The van der Waals surface area contributed by atoms with Gasteiger partial charge < -0.3 is 20.1 Å². The van der Waals surface area contributed by atoms with E-state index in [9.17, 15) is 23.1 Å². The number of nitrogens with one attached hydrogen (secondary N) is 2. The summed E-state index contributed by atoms with van der Waals surface area (Å²) in [6, 6.07) is 7.86. The number of carbonyl (C=O) groups is 1. The molecular formula is C22H21F3N2O3. The van der Waals surface area contributed by atoms with Crippen molar-refractivity contribution in [2.75, 3.05) is 6.54 Å². The third-order valence-corrected chi connectivity index (χ3v) is 5.32. The molecule has 0 aliphatic heterocycles. The van der Waals surface area contributed by atoms with Gasteiger partial charge in [-0.1, -0.05) is 0 Å². The van der Waals surface area contributed by atoms with Gasteiger partial charge in [0.25, 0.3) is 0 Å². The molecule has 1 heterocycles. The average molecular weight is 418 g/mol. The lowest BCUT2D eigenvalue weighted by Gasteiger charge is -2.35. The number of alkyl carbamates (subject to hydrolysis) is 1. The first kappa shape index (κ1) is 20.3. The Morgan fingerprint density at radius 1 is 1.20 bits per heavy atom. The largest absolute Gasteiger partial charge is 0.446 e. The van der Waals surface area contributed by atoms with E-state index >= 15 is 0 Å². The lowest BCUT2D eigenvalue weighted by atomic mass is 9.75. The highest BCUT2D eigenvalue weighted by atomic mass is 19.1. The third-order valence-electron chi connectivity index (χ3n) is 5.32. The van der Waals surface area contributed by atoms with Gasteiger partial charge in [0, 0.05) is 18.0 Å². The van der Waals surface area contributed by atoms with Crippen LogP contribution < -0.4 is 5.32 Å². The molecule has 0 bridgehead atoms. The monoisotopic (exact) mass is 418 g/mol. The van der Waals surface area contributed by atoms with Crippen LogP contribution in [0.1, 0.15) is 31.2 Å². The zero-order valence-corrected chi connectivity index (χ0v) is 16.2. The van der Waals surface area contributed by atoms with E-state index in [-0.39, 0.29) is 24.1 Å². The molecule has 1 aromatic heterocycles. The van der Waals surface area contributed by atoms with E-state index in [1.807, 2.05) is 0 Å². The number of aromatic amines is 1. The van der Waals surface area contributed by atoms with Crippen LogP contribution >= 0.6 is 0 Å². The van der Waals surface area contributed by atoms with Crippen molar-refractivity contribution in [1.82, 2.24) is 10.3 Å². The fraction of sp³-hybridized carbons (Fsp3) is 0.318. The van der Waals surface area contributed by atoms with Crippen molar-refractivity contribution in [1.29, 1.82) is 0 Å². The Labute approximate surface area is 170 Å². The van der Waals surface area contributed by atoms with Gasteiger partial charge in [-0.3, -0.25) is 0 Å². The Morgan fingerprint density at radius 2 is 1.90 bits per heavy atom. The second kappa shape index (κ2) is 8.02. The molecule has 4 rings (SSSR count). The van der Waals surface area contributed by atoms with E-state index in [0.717, 1.165) is 11.6 Å². The van der Waals surface area contributed by atoms with Crippen LogP contribution in [0.25, 0.3) is 22.2 Å². The molecule has 8 heteroatoms. The molecule has 0 saturated heterocycles. The van der Waals surface area contributed by atoms with Gasteiger partial charge in [0.05, 0.1) is 17.3 Å². The van der Waals surface area contributed by atoms with Gasteiger partial charge in [0.2, 0.25) is 0 Å². The van der Waals surface area contributed by atoms with Crippen molar-refractivity contribution < 1.29 is 27.8 Å². The van der Waals surface area contributed by atoms with Crippen molar-refractivity contribution >= 4 is 17.0 Å². The minimum atomic E-state index is -0.704. The maximum atomic E-state index is 14.4. The summed E-state index contributed by atoms with van der Waals surface area (Å²) in [4.78, 5) is 14.8.